The molecule has 35 heavy (non-hydrogen) atoms. The first-order valence-corrected chi connectivity index (χ1v) is 13.0. The number of nitrogens with zero attached hydrogens (tertiary/aromatic N) is 3. The van der Waals surface area contributed by atoms with Crippen LogP contribution < -0.4 is 5.56 Å². The first-order chi connectivity index (χ1) is 16.7. The summed E-state index contributed by atoms with van der Waals surface area (Å²) in [4.78, 5) is 33.2. The first-order valence-electron chi connectivity index (χ1n) is 13.0. The van der Waals surface area contributed by atoms with E-state index in [1.807, 2.05) is 41.8 Å². The summed E-state index contributed by atoms with van der Waals surface area (Å²) in [6.45, 7) is 7.17. The molecule has 0 bridgehead atoms. The Labute approximate surface area is 207 Å². The van der Waals surface area contributed by atoms with E-state index in [-0.39, 0.29) is 35.8 Å². The fraction of sp³-hybridized carbons (Fsp3) is 0.607. The molecule has 1 aromatic carbocycles. The van der Waals surface area contributed by atoms with Gasteiger partial charge in [0, 0.05) is 12.1 Å². The minimum Gasteiger partial charge on any atom is -0.446 e. The van der Waals surface area contributed by atoms with Crippen LogP contribution in [0.5, 0.6) is 0 Å². The lowest BCUT2D eigenvalue weighted by molar-refractivity contribution is 0.0224. The Hall–Kier alpha value is -2.67. The van der Waals surface area contributed by atoms with E-state index in [2.05, 4.69) is 13.8 Å². The van der Waals surface area contributed by atoms with Crippen LogP contribution in [0.15, 0.2) is 35.1 Å². The van der Waals surface area contributed by atoms with Gasteiger partial charge in [0.05, 0.1) is 24.4 Å². The molecule has 0 saturated heterocycles. The number of hydrogen-bond acceptors (Lipinski definition) is 5. The Morgan fingerprint density at radius 1 is 1.17 bits per heavy atom. The Bertz CT molecular complexity index is 1130. The standard InChI is InChI=1S/C28H37N3O4/c1-18-29-24-17-30(27(34)35-22-9-12-28(2,3)13-10-22)14-11-23(24)26(33)31(18)25(20-15-21(32)16-20)19-7-5-4-6-8-19/h4-8,20-22,25,32H,9-17H2,1-3H3. The maximum Gasteiger partial charge on any atom is 0.410 e. The normalized spacial score (nSPS) is 24.9. The SMILES string of the molecule is Cc1nc2c(c(=O)n1C(c1ccccc1)C1CC(O)C1)CCN(C(=O)OC1CCC(C)(C)CC1)C2. The quantitative estimate of drug-likeness (QED) is 0.704. The molecule has 1 aromatic heterocycles. The average Bonchev–Trinajstić information content (AvgIpc) is 2.81. The lowest BCUT2D eigenvalue weighted by Gasteiger charge is -2.40. The van der Waals surface area contributed by atoms with Crippen molar-refractivity contribution in [2.75, 3.05) is 6.54 Å². The summed E-state index contributed by atoms with van der Waals surface area (Å²) in [6, 6.07) is 9.89. The Kier molecular flexibility index (Phi) is 6.47. The number of aliphatic hydroxyl groups is 1. The van der Waals surface area contributed by atoms with Crippen LogP contribution in [-0.4, -0.2) is 44.4 Å². The van der Waals surface area contributed by atoms with Gasteiger partial charge in [-0.1, -0.05) is 44.2 Å². The van der Waals surface area contributed by atoms with Crippen LogP contribution in [0.4, 0.5) is 4.79 Å². The van der Waals surface area contributed by atoms with Gasteiger partial charge < -0.3 is 14.7 Å². The van der Waals surface area contributed by atoms with Crippen LogP contribution in [0.3, 0.4) is 0 Å². The second-order valence-electron chi connectivity index (χ2n) is 11.4. The number of hydrogen-bond donors (Lipinski definition) is 1. The predicted molar refractivity (Wildman–Crippen MR) is 133 cm³/mol. The van der Waals surface area contributed by atoms with Crippen molar-refractivity contribution in [3.8, 4) is 0 Å². The molecule has 1 aliphatic heterocycles. The molecule has 7 nitrogen and oxygen atoms in total. The molecule has 2 aliphatic carbocycles. The highest BCUT2D eigenvalue weighted by molar-refractivity contribution is 5.68. The number of carbonyl (C=O) groups is 1. The molecule has 2 aromatic rings. The zero-order valence-corrected chi connectivity index (χ0v) is 21.1. The van der Waals surface area contributed by atoms with Crippen molar-refractivity contribution in [2.24, 2.45) is 11.3 Å². The van der Waals surface area contributed by atoms with Gasteiger partial charge in [-0.25, -0.2) is 9.78 Å². The van der Waals surface area contributed by atoms with E-state index in [4.69, 9.17) is 9.72 Å². The van der Waals surface area contributed by atoms with Crippen molar-refractivity contribution in [3.63, 3.8) is 0 Å². The maximum atomic E-state index is 13.8. The maximum absolute atomic E-state index is 13.8. The molecule has 1 N–H and O–H groups in total. The monoisotopic (exact) mass is 479 g/mol. The third-order valence-electron chi connectivity index (χ3n) is 8.27. The van der Waals surface area contributed by atoms with Gasteiger partial charge in [-0.05, 0) is 68.8 Å². The highest BCUT2D eigenvalue weighted by atomic mass is 16.6. The molecule has 1 amide bonds. The lowest BCUT2D eigenvalue weighted by Crippen LogP contribution is -2.45. The van der Waals surface area contributed by atoms with Crippen LogP contribution in [-0.2, 0) is 17.7 Å². The topological polar surface area (TPSA) is 84.7 Å². The summed E-state index contributed by atoms with van der Waals surface area (Å²) in [7, 11) is 0. The van der Waals surface area contributed by atoms with E-state index in [1.165, 1.54) is 0 Å². The summed E-state index contributed by atoms with van der Waals surface area (Å²) in [6.07, 6.45) is 5.15. The van der Waals surface area contributed by atoms with Crippen LogP contribution in [0.1, 0.15) is 81.1 Å². The molecule has 2 fully saturated rings. The number of ether oxygens (including phenoxy) is 1. The highest BCUT2D eigenvalue weighted by Crippen LogP contribution is 2.40. The molecule has 7 heteroatoms. The third kappa shape index (κ3) is 4.88. The second kappa shape index (κ2) is 9.41. The summed E-state index contributed by atoms with van der Waals surface area (Å²) >= 11 is 0. The largest absolute Gasteiger partial charge is 0.446 e. The fourth-order valence-electron chi connectivity index (χ4n) is 5.98. The van der Waals surface area contributed by atoms with Gasteiger partial charge in [0.25, 0.3) is 5.56 Å². The molecule has 3 aliphatic rings. The minimum absolute atomic E-state index is 0.0229. The van der Waals surface area contributed by atoms with Crippen LogP contribution >= 0.6 is 0 Å². The van der Waals surface area contributed by atoms with E-state index in [0.29, 0.717) is 54.8 Å². The van der Waals surface area contributed by atoms with E-state index in [1.54, 1.807) is 4.90 Å². The number of carbonyl (C=O) groups excluding carboxylic acids is 1. The van der Waals surface area contributed by atoms with Crippen molar-refractivity contribution in [1.29, 1.82) is 0 Å². The van der Waals surface area contributed by atoms with Crippen LogP contribution in [0.25, 0.3) is 0 Å². The van der Waals surface area contributed by atoms with Crippen LogP contribution in [0.2, 0.25) is 0 Å². The molecule has 2 saturated carbocycles. The third-order valence-corrected chi connectivity index (χ3v) is 8.27. The number of fused-ring (bicyclic) bond motifs is 1. The van der Waals surface area contributed by atoms with Gasteiger partial charge >= 0.3 is 6.09 Å². The van der Waals surface area contributed by atoms with E-state index in [9.17, 15) is 14.7 Å². The van der Waals surface area contributed by atoms with E-state index >= 15 is 0 Å². The molecular formula is C28H37N3O4. The number of aliphatic hydroxyl groups excluding tert-OH is 1. The van der Waals surface area contributed by atoms with Gasteiger partial charge in [-0.3, -0.25) is 9.36 Å². The molecule has 0 radical (unpaired) electrons. The van der Waals surface area contributed by atoms with E-state index in [0.717, 1.165) is 31.2 Å². The van der Waals surface area contributed by atoms with Gasteiger partial charge in [0.1, 0.15) is 11.9 Å². The molecule has 5 rings (SSSR count). The Morgan fingerprint density at radius 3 is 2.51 bits per heavy atom. The zero-order valence-electron chi connectivity index (χ0n) is 21.1. The number of rotatable bonds is 4. The molecule has 1 atom stereocenters. The first kappa shape index (κ1) is 24.0. The van der Waals surface area contributed by atoms with Crippen LogP contribution in [0, 0.1) is 18.3 Å². The van der Waals surface area contributed by atoms with Crippen molar-refractivity contribution in [2.45, 2.75) is 90.5 Å². The summed E-state index contributed by atoms with van der Waals surface area (Å²) in [5, 5.41) is 9.96. The second-order valence-corrected chi connectivity index (χ2v) is 11.4. The van der Waals surface area contributed by atoms with Gasteiger partial charge in [-0.15, -0.1) is 0 Å². The number of amides is 1. The van der Waals surface area contributed by atoms with Crippen molar-refractivity contribution >= 4 is 6.09 Å². The number of aryl methyl sites for hydroxylation is 1. The fourth-order valence-corrected chi connectivity index (χ4v) is 5.98. The van der Waals surface area contributed by atoms with Crippen molar-refractivity contribution < 1.29 is 14.6 Å². The number of benzene rings is 1. The number of aromatic nitrogens is 2. The average molecular weight is 480 g/mol. The highest BCUT2D eigenvalue weighted by Gasteiger charge is 2.38. The minimum atomic E-state index is -0.303. The summed E-state index contributed by atoms with van der Waals surface area (Å²) < 4.78 is 7.66. The molecular weight excluding hydrogens is 442 g/mol. The predicted octanol–water partition coefficient (Wildman–Crippen LogP) is 4.38. The lowest BCUT2D eigenvalue weighted by atomic mass is 9.74. The Balaban J connectivity index is 1.36. The van der Waals surface area contributed by atoms with Gasteiger partial charge in [-0.2, -0.15) is 0 Å². The Morgan fingerprint density at radius 2 is 1.86 bits per heavy atom. The molecule has 188 valence electrons. The smallest absolute Gasteiger partial charge is 0.410 e. The van der Waals surface area contributed by atoms with Crippen molar-refractivity contribution in [1.82, 2.24) is 14.5 Å². The van der Waals surface area contributed by atoms with Gasteiger partial charge in [0.15, 0.2) is 0 Å². The summed E-state index contributed by atoms with van der Waals surface area (Å²) in [5.74, 6) is 0.841. The summed E-state index contributed by atoms with van der Waals surface area (Å²) in [5.41, 5.74) is 2.74. The molecule has 2 heterocycles. The van der Waals surface area contributed by atoms with E-state index < -0.39 is 0 Å². The zero-order chi connectivity index (χ0) is 24.7. The molecule has 1 unspecified atom stereocenters. The van der Waals surface area contributed by atoms with Gasteiger partial charge in [0.2, 0.25) is 0 Å². The molecule has 0 spiro atoms. The van der Waals surface area contributed by atoms with Crippen molar-refractivity contribution in [3.05, 3.63) is 63.3 Å².